The Labute approximate surface area is 131 Å². The molecule has 3 rings (SSSR count). The molecule has 1 aliphatic heterocycles. The van der Waals surface area contributed by atoms with Crippen LogP contribution in [0.15, 0.2) is 22.7 Å². The van der Waals surface area contributed by atoms with E-state index in [1.165, 1.54) is 24.6 Å². The van der Waals surface area contributed by atoms with Crippen LogP contribution in [0, 0.1) is 0 Å². The minimum atomic E-state index is 0.618. The Morgan fingerprint density at radius 3 is 2.85 bits per heavy atom. The highest BCUT2D eigenvalue weighted by atomic mass is 79.9. The maximum absolute atomic E-state index is 6.04. The summed E-state index contributed by atoms with van der Waals surface area (Å²) in [5.41, 5.74) is 8.13. The number of hydrogen-bond donors (Lipinski definition) is 1. The molecule has 1 aliphatic rings. The van der Waals surface area contributed by atoms with Gasteiger partial charge in [0.05, 0.1) is 11.0 Å². The topological polar surface area (TPSA) is 47.1 Å². The van der Waals surface area contributed by atoms with Crippen LogP contribution in [0.4, 0.5) is 5.95 Å². The molecule has 0 amide bonds. The van der Waals surface area contributed by atoms with Gasteiger partial charge in [-0.2, -0.15) is 11.8 Å². The molecule has 0 aliphatic carbocycles. The zero-order valence-corrected chi connectivity index (χ0v) is 13.8. The third-order valence-corrected chi connectivity index (χ3v) is 5.14. The Morgan fingerprint density at radius 2 is 2.05 bits per heavy atom. The predicted octanol–water partition coefficient (Wildman–Crippen LogP) is 2.82. The summed E-state index contributed by atoms with van der Waals surface area (Å²) in [6.07, 6.45) is 1.12. The highest BCUT2D eigenvalue weighted by Gasteiger charge is 2.11. The number of aryl methyl sites for hydroxylation is 1. The van der Waals surface area contributed by atoms with Crippen LogP contribution in [0.3, 0.4) is 0 Å². The van der Waals surface area contributed by atoms with Gasteiger partial charge in [0, 0.05) is 35.6 Å². The molecule has 1 fully saturated rings. The van der Waals surface area contributed by atoms with Gasteiger partial charge in [0.15, 0.2) is 0 Å². The highest BCUT2D eigenvalue weighted by Crippen LogP contribution is 2.22. The van der Waals surface area contributed by atoms with Crippen LogP contribution in [0.5, 0.6) is 0 Å². The summed E-state index contributed by atoms with van der Waals surface area (Å²) in [6, 6.07) is 6.11. The molecular formula is C14H19BrN4S. The van der Waals surface area contributed by atoms with Gasteiger partial charge in [-0.3, -0.25) is 0 Å². The fourth-order valence-corrected chi connectivity index (χ4v) is 3.95. The monoisotopic (exact) mass is 354 g/mol. The van der Waals surface area contributed by atoms with Crippen LogP contribution in [-0.2, 0) is 6.54 Å². The van der Waals surface area contributed by atoms with Crippen molar-refractivity contribution in [2.45, 2.75) is 13.0 Å². The number of rotatable bonds is 4. The highest BCUT2D eigenvalue weighted by molar-refractivity contribution is 9.10. The first-order valence-electron chi connectivity index (χ1n) is 6.95. The first kappa shape index (κ1) is 14.2. The second-order valence-corrected chi connectivity index (χ2v) is 7.20. The number of nitrogens with zero attached hydrogens (tertiary/aromatic N) is 3. The summed E-state index contributed by atoms with van der Waals surface area (Å²) in [5, 5.41) is 0. The lowest BCUT2D eigenvalue weighted by atomic mass is 10.3. The third-order valence-electron chi connectivity index (χ3n) is 3.70. The van der Waals surface area contributed by atoms with Gasteiger partial charge in [-0.1, -0.05) is 15.9 Å². The van der Waals surface area contributed by atoms with E-state index in [4.69, 9.17) is 5.73 Å². The van der Waals surface area contributed by atoms with Crippen LogP contribution >= 0.6 is 27.7 Å². The summed E-state index contributed by atoms with van der Waals surface area (Å²) >= 11 is 5.57. The van der Waals surface area contributed by atoms with Crippen LogP contribution < -0.4 is 5.73 Å². The first-order valence-corrected chi connectivity index (χ1v) is 8.90. The second-order valence-electron chi connectivity index (χ2n) is 5.06. The molecular weight excluding hydrogens is 336 g/mol. The zero-order valence-electron chi connectivity index (χ0n) is 11.4. The number of aromatic nitrogens is 2. The molecule has 2 heterocycles. The molecule has 1 aromatic carbocycles. The van der Waals surface area contributed by atoms with Crippen molar-refractivity contribution in [1.29, 1.82) is 0 Å². The van der Waals surface area contributed by atoms with E-state index in [-0.39, 0.29) is 0 Å². The van der Waals surface area contributed by atoms with E-state index < -0.39 is 0 Å². The number of benzene rings is 1. The fraction of sp³-hybridized carbons (Fsp3) is 0.500. The Bertz CT molecular complexity index is 592. The molecule has 1 saturated heterocycles. The number of hydrogen-bond acceptors (Lipinski definition) is 4. The van der Waals surface area contributed by atoms with E-state index in [9.17, 15) is 0 Å². The number of nitrogens with two attached hydrogens (primary N) is 1. The lowest BCUT2D eigenvalue weighted by molar-refractivity contribution is 0.293. The Kier molecular flexibility index (Phi) is 4.53. The van der Waals surface area contributed by atoms with Crippen molar-refractivity contribution in [3.63, 3.8) is 0 Å². The normalized spacial score (nSPS) is 16.9. The van der Waals surface area contributed by atoms with Gasteiger partial charge in [-0.05, 0) is 31.2 Å². The summed E-state index contributed by atoms with van der Waals surface area (Å²) in [4.78, 5) is 6.97. The van der Waals surface area contributed by atoms with Crippen molar-refractivity contribution in [2.75, 3.05) is 36.9 Å². The maximum atomic E-state index is 6.04. The minimum absolute atomic E-state index is 0.618. The Morgan fingerprint density at radius 1 is 1.25 bits per heavy atom. The molecule has 0 unspecified atom stereocenters. The number of halogens is 1. The van der Waals surface area contributed by atoms with Gasteiger partial charge in [0.1, 0.15) is 0 Å². The van der Waals surface area contributed by atoms with Gasteiger partial charge in [-0.15, -0.1) is 0 Å². The van der Waals surface area contributed by atoms with E-state index in [0.29, 0.717) is 5.95 Å². The second kappa shape index (κ2) is 6.37. The first-order chi connectivity index (χ1) is 9.74. The molecule has 1 aromatic heterocycles. The number of nitrogen functional groups attached to an aromatic ring is 1. The van der Waals surface area contributed by atoms with Crippen molar-refractivity contribution in [1.82, 2.24) is 14.5 Å². The standard InChI is InChI=1S/C14H19BrN4S/c15-11-2-3-12-13(10-11)19(14(16)17-12)5-1-4-18-6-8-20-9-7-18/h2-3,10H,1,4-9H2,(H2,16,17). The van der Waals surface area contributed by atoms with Crippen molar-refractivity contribution >= 4 is 44.7 Å². The number of imidazole rings is 1. The SMILES string of the molecule is Nc1nc2ccc(Br)cc2n1CCCN1CCSCC1. The molecule has 0 atom stereocenters. The summed E-state index contributed by atoms with van der Waals surface area (Å²) < 4.78 is 3.19. The molecule has 20 heavy (non-hydrogen) atoms. The van der Waals surface area contributed by atoms with Crippen LogP contribution in [-0.4, -0.2) is 45.6 Å². The van der Waals surface area contributed by atoms with Crippen LogP contribution in [0.25, 0.3) is 11.0 Å². The maximum Gasteiger partial charge on any atom is 0.201 e. The van der Waals surface area contributed by atoms with Gasteiger partial charge in [0.25, 0.3) is 0 Å². The lowest BCUT2D eigenvalue weighted by Crippen LogP contribution is -2.33. The van der Waals surface area contributed by atoms with Gasteiger partial charge >= 0.3 is 0 Å². The number of anilines is 1. The summed E-state index contributed by atoms with van der Waals surface area (Å²) in [5.74, 6) is 3.15. The molecule has 0 radical (unpaired) electrons. The Hall–Kier alpha value is -0.720. The molecule has 0 saturated carbocycles. The minimum Gasteiger partial charge on any atom is -0.369 e. The van der Waals surface area contributed by atoms with Crippen molar-refractivity contribution < 1.29 is 0 Å². The van der Waals surface area contributed by atoms with Gasteiger partial charge in [-0.25, -0.2) is 4.98 Å². The van der Waals surface area contributed by atoms with Crippen molar-refractivity contribution in [3.05, 3.63) is 22.7 Å². The average Bonchev–Trinajstić information content (AvgIpc) is 2.76. The fourth-order valence-electron chi connectivity index (χ4n) is 2.63. The van der Waals surface area contributed by atoms with E-state index in [2.05, 4.69) is 48.2 Å². The smallest absolute Gasteiger partial charge is 0.201 e. The molecule has 2 N–H and O–H groups in total. The largest absolute Gasteiger partial charge is 0.369 e. The summed E-state index contributed by atoms with van der Waals surface area (Å²) in [6.45, 7) is 4.52. The van der Waals surface area contributed by atoms with Crippen molar-refractivity contribution in [3.8, 4) is 0 Å². The molecule has 2 aromatic rings. The molecule has 0 spiro atoms. The van der Waals surface area contributed by atoms with Gasteiger partial charge < -0.3 is 15.2 Å². The summed E-state index contributed by atoms with van der Waals surface area (Å²) in [7, 11) is 0. The van der Waals surface area contributed by atoms with E-state index in [0.717, 1.165) is 35.0 Å². The lowest BCUT2D eigenvalue weighted by Gasteiger charge is -2.26. The number of thioether (sulfide) groups is 1. The third kappa shape index (κ3) is 3.13. The molecule has 6 heteroatoms. The van der Waals surface area contributed by atoms with Crippen LogP contribution in [0.1, 0.15) is 6.42 Å². The van der Waals surface area contributed by atoms with Crippen LogP contribution in [0.2, 0.25) is 0 Å². The Balaban J connectivity index is 1.67. The van der Waals surface area contributed by atoms with E-state index >= 15 is 0 Å². The zero-order chi connectivity index (χ0) is 13.9. The molecule has 4 nitrogen and oxygen atoms in total. The predicted molar refractivity (Wildman–Crippen MR) is 90.2 cm³/mol. The molecule has 0 bridgehead atoms. The van der Waals surface area contributed by atoms with E-state index in [1.54, 1.807) is 0 Å². The van der Waals surface area contributed by atoms with Crippen molar-refractivity contribution in [2.24, 2.45) is 0 Å². The molecule has 108 valence electrons. The quantitative estimate of drug-likeness (QED) is 0.916. The number of fused-ring (bicyclic) bond motifs is 1. The van der Waals surface area contributed by atoms with E-state index in [1.807, 2.05) is 12.1 Å². The van der Waals surface area contributed by atoms with Gasteiger partial charge in [0.2, 0.25) is 5.95 Å². The average molecular weight is 355 g/mol.